The van der Waals surface area contributed by atoms with Gasteiger partial charge in [-0.15, -0.1) is 27.7 Å². The molecule has 0 aliphatic heterocycles. The SMILES string of the molecule is C=CCOC(=O)Nc1ccc(-c2nc(C(=O)ON(C(=O)OCC=C)c3ccc(-c4nc(C(=O)N[C@@H](CO[Si](c5ccccc5)c5ccc(C(C)(C)C)cc5)C(=O)N[C@@H](CO)C(N)=O)cs4)cc3)cs2)cc1. The van der Waals surface area contributed by atoms with Crippen LogP contribution in [-0.4, -0.2) is 98.5 Å². The summed E-state index contributed by atoms with van der Waals surface area (Å²) in [6.45, 7) is 12.2. The van der Waals surface area contributed by atoms with Crippen LogP contribution in [-0.2, 0) is 33.7 Å². The maximum atomic E-state index is 13.8. The molecule has 6 rings (SSSR count). The maximum absolute atomic E-state index is 13.8. The van der Waals surface area contributed by atoms with E-state index in [9.17, 15) is 33.9 Å². The van der Waals surface area contributed by atoms with Gasteiger partial charge in [-0.25, -0.2) is 24.4 Å². The van der Waals surface area contributed by atoms with Gasteiger partial charge in [0, 0.05) is 27.6 Å². The van der Waals surface area contributed by atoms with E-state index in [2.05, 4.69) is 59.8 Å². The fraction of sp³-hybridized carbons (Fsp3) is 0.200. The predicted octanol–water partition coefficient (Wildman–Crippen LogP) is 5.75. The molecule has 18 nitrogen and oxygen atoms in total. The number of nitrogens with one attached hydrogen (secondary N) is 3. The van der Waals surface area contributed by atoms with Crippen molar-refractivity contribution in [2.75, 3.05) is 36.8 Å². The van der Waals surface area contributed by atoms with Crippen LogP contribution < -0.4 is 37.1 Å². The Morgan fingerprint density at radius 3 is 1.93 bits per heavy atom. The standard InChI is InChI=1S/C50H50N7O11S2Si/c1-6-25-65-48(63)52-34-19-13-31(14-20-34)46-56-41(30-70-46)47(62)68-57(49(64)66-26-7-2)35-21-15-32(16-22-35)45-55-40(29-69-45)44(61)54-39(43(60)53-38(27-58)42(51)59)28-67-71(36-11-9-8-10-12-36)37-23-17-33(18-24-37)50(3,4)5/h6-24,29-30,38-39,58H,1-2,25-28H2,3-5H3,(H2,51,59)(H,52,63)(H,53,60)(H,54,61)/t38-,39-/m0/s1. The Labute approximate surface area is 418 Å². The second kappa shape index (κ2) is 24.6. The van der Waals surface area contributed by atoms with Gasteiger partial charge in [-0.3, -0.25) is 19.7 Å². The predicted molar refractivity (Wildman–Crippen MR) is 272 cm³/mol. The van der Waals surface area contributed by atoms with Gasteiger partial charge in [0.25, 0.3) is 14.9 Å². The zero-order valence-corrected chi connectivity index (χ0v) is 41.4. The Morgan fingerprint density at radius 2 is 1.34 bits per heavy atom. The van der Waals surface area contributed by atoms with Crippen molar-refractivity contribution in [1.29, 1.82) is 0 Å². The van der Waals surface area contributed by atoms with E-state index in [1.165, 1.54) is 35.0 Å². The van der Waals surface area contributed by atoms with E-state index in [1.54, 1.807) is 36.4 Å². The summed E-state index contributed by atoms with van der Waals surface area (Å²) in [5, 5.41) is 23.7. The zero-order valence-electron chi connectivity index (χ0n) is 38.8. The van der Waals surface area contributed by atoms with Crippen molar-refractivity contribution in [3.05, 3.63) is 156 Å². The molecule has 0 aliphatic carbocycles. The van der Waals surface area contributed by atoms with Crippen molar-refractivity contribution >= 4 is 89.3 Å². The highest BCUT2D eigenvalue weighted by molar-refractivity contribution is 7.13. The van der Waals surface area contributed by atoms with Crippen LogP contribution in [0.3, 0.4) is 0 Å². The molecule has 6 aromatic rings. The molecule has 0 saturated carbocycles. The molecule has 5 amide bonds. The van der Waals surface area contributed by atoms with E-state index in [1.807, 2.05) is 54.6 Å². The van der Waals surface area contributed by atoms with Gasteiger partial charge in [0.2, 0.25) is 11.8 Å². The van der Waals surface area contributed by atoms with Crippen LogP contribution in [0.4, 0.5) is 21.0 Å². The lowest BCUT2D eigenvalue weighted by Gasteiger charge is -2.24. The average Bonchev–Trinajstić information content (AvgIpc) is 4.08. The van der Waals surface area contributed by atoms with Crippen LogP contribution in [0.5, 0.6) is 0 Å². The summed E-state index contributed by atoms with van der Waals surface area (Å²) in [6.07, 6.45) is 1.12. The number of carbonyl (C=O) groups excluding carboxylic acids is 6. The van der Waals surface area contributed by atoms with Crippen molar-refractivity contribution < 1.29 is 52.6 Å². The van der Waals surface area contributed by atoms with Gasteiger partial charge in [-0.05, 0) is 69.9 Å². The number of carbonyl (C=O) groups is 6. The largest absolute Gasteiger partial charge is 0.448 e. The number of aliphatic hydroxyl groups excluding tert-OH is 1. The molecule has 0 fully saturated rings. The van der Waals surface area contributed by atoms with Gasteiger partial charge >= 0.3 is 18.2 Å². The second-order valence-electron chi connectivity index (χ2n) is 16.3. The van der Waals surface area contributed by atoms with Crippen molar-refractivity contribution in [1.82, 2.24) is 20.6 Å². The Bertz CT molecular complexity index is 2840. The quantitative estimate of drug-likeness (QED) is 0.0348. The molecule has 0 unspecified atom stereocenters. The van der Waals surface area contributed by atoms with E-state index in [0.29, 0.717) is 31.9 Å². The lowest BCUT2D eigenvalue weighted by Crippen LogP contribution is -2.57. The number of anilines is 2. The fourth-order valence-electron chi connectivity index (χ4n) is 6.35. The number of hydrogen-bond acceptors (Lipinski definition) is 15. The van der Waals surface area contributed by atoms with Crippen LogP contribution in [0.2, 0.25) is 0 Å². The first-order chi connectivity index (χ1) is 34.1. The van der Waals surface area contributed by atoms with Crippen LogP contribution in [0.15, 0.2) is 139 Å². The third-order valence-electron chi connectivity index (χ3n) is 10.1. The molecule has 2 atom stereocenters. The summed E-state index contributed by atoms with van der Waals surface area (Å²) in [7, 11) is -1.99. The molecule has 2 aromatic heterocycles. The van der Waals surface area contributed by atoms with Crippen LogP contribution >= 0.6 is 22.7 Å². The molecular formula is C50H50N7O11S2Si. The van der Waals surface area contributed by atoms with Gasteiger partial charge in [0.1, 0.15) is 41.0 Å². The molecule has 71 heavy (non-hydrogen) atoms. The smallest absolute Gasteiger partial charge is 0.445 e. The number of rotatable bonds is 20. The van der Waals surface area contributed by atoms with E-state index < -0.39 is 63.6 Å². The average molecular weight is 1020 g/mol. The zero-order chi connectivity index (χ0) is 51.1. The van der Waals surface area contributed by atoms with E-state index in [-0.39, 0.29) is 42.3 Å². The second-order valence-corrected chi connectivity index (χ2v) is 20.1. The van der Waals surface area contributed by atoms with Crippen molar-refractivity contribution in [3.63, 3.8) is 0 Å². The molecule has 6 N–H and O–H groups in total. The molecule has 0 spiro atoms. The molecule has 0 saturated heterocycles. The van der Waals surface area contributed by atoms with Gasteiger partial charge in [-0.2, -0.15) is 0 Å². The minimum absolute atomic E-state index is 0.0467. The monoisotopic (exact) mass is 1020 g/mol. The number of aromatic nitrogens is 2. The first-order valence-electron chi connectivity index (χ1n) is 21.7. The normalized spacial score (nSPS) is 11.9. The maximum Gasteiger partial charge on any atom is 0.448 e. The third kappa shape index (κ3) is 14.4. The first-order valence-corrected chi connectivity index (χ1v) is 24.9. The Morgan fingerprint density at radius 1 is 0.761 bits per heavy atom. The minimum Gasteiger partial charge on any atom is -0.445 e. The van der Waals surface area contributed by atoms with Gasteiger partial charge in [-0.1, -0.05) is 101 Å². The number of benzene rings is 4. The van der Waals surface area contributed by atoms with Crippen molar-refractivity contribution in [2.24, 2.45) is 5.73 Å². The molecule has 21 heteroatoms. The summed E-state index contributed by atoms with van der Waals surface area (Å²) < 4.78 is 16.6. The summed E-state index contributed by atoms with van der Waals surface area (Å²) in [5.41, 5.74) is 8.03. The van der Waals surface area contributed by atoms with Crippen LogP contribution in [0, 0.1) is 0 Å². The van der Waals surface area contributed by atoms with Gasteiger partial charge < -0.3 is 40.2 Å². The summed E-state index contributed by atoms with van der Waals surface area (Å²) in [6, 6.07) is 27.5. The number of aliphatic hydroxyl groups is 1. The molecular weight excluding hydrogens is 967 g/mol. The molecule has 2 heterocycles. The third-order valence-corrected chi connectivity index (χ3v) is 14.0. The van der Waals surface area contributed by atoms with E-state index in [4.69, 9.17) is 24.5 Å². The summed E-state index contributed by atoms with van der Waals surface area (Å²) in [5.74, 6) is -3.49. The molecule has 4 aromatic carbocycles. The fourth-order valence-corrected chi connectivity index (χ4v) is 9.92. The van der Waals surface area contributed by atoms with Gasteiger partial charge in [0.15, 0.2) is 5.69 Å². The number of primary amides is 1. The van der Waals surface area contributed by atoms with Crippen molar-refractivity contribution in [3.8, 4) is 21.1 Å². The Hall–Kier alpha value is -7.82. The van der Waals surface area contributed by atoms with E-state index >= 15 is 0 Å². The highest BCUT2D eigenvalue weighted by atomic mass is 32.1. The Kier molecular flexibility index (Phi) is 18.2. The molecule has 1 radical (unpaired) electrons. The summed E-state index contributed by atoms with van der Waals surface area (Å²) in [4.78, 5) is 92.4. The van der Waals surface area contributed by atoms with Crippen LogP contribution in [0.25, 0.3) is 21.1 Å². The minimum atomic E-state index is -1.99. The number of nitrogens with two attached hydrogens (primary N) is 1. The topological polar surface area (TPSA) is 251 Å². The van der Waals surface area contributed by atoms with E-state index in [0.717, 1.165) is 38.6 Å². The lowest BCUT2D eigenvalue weighted by atomic mass is 9.87. The first kappa shape index (κ1) is 52.5. The molecule has 367 valence electrons. The summed E-state index contributed by atoms with van der Waals surface area (Å²) >= 11 is 2.27. The van der Waals surface area contributed by atoms with Gasteiger partial charge in [0.05, 0.1) is 18.9 Å². The van der Waals surface area contributed by atoms with Crippen molar-refractivity contribution in [2.45, 2.75) is 38.3 Å². The number of hydrogen-bond donors (Lipinski definition) is 5. The number of thiazole rings is 2. The highest BCUT2D eigenvalue weighted by Crippen LogP contribution is 2.29. The molecule has 0 aliphatic rings. The number of ether oxygens (including phenoxy) is 2. The Balaban J connectivity index is 1.16. The molecule has 0 bridgehead atoms. The number of amides is 5. The lowest BCUT2D eigenvalue weighted by molar-refractivity contribution is -0.129. The highest BCUT2D eigenvalue weighted by Gasteiger charge is 2.31. The number of hydroxylamine groups is 1. The number of nitrogens with zero attached hydrogens (tertiary/aromatic N) is 3. The van der Waals surface area contributed by atoms with Crippen LogP contribution in [0.1, 0.15) is 47.3 Å².